The first-order chi connectivity index (χ1) is 31.2. The van der Waals surface area contributed by atoms with E-state index in [1.807, 2.05) is 97.1 Å². The maximum atomic E-state index is 6.49. The molecule has 0 bridgehead atoms. The summed E-state index contributed by atoms with van der Waals surface area (Å²) in [6, 6.07) is 75.2. The van der Waals surface area contributed by atoms with Crippen LogP contribution in [0.15, 0.2) is 227 Å². The van der Waals surface area contributed by atoms with Crippen molar-refractivity contribution in [2.24, 2.45) is 0 Å². The van der Waals surface area contributed by atoms with E-state index in [9.17, 15) is 0 Å². The van der Waals surface area contributed by atoms with E-state index in [1.165, 1.54) is 5.56 Å². The minimum absolute atomic E-state index is 0.586. The predicted octanol–water partition coefficient (Wildman–Crippen LogP) is 15.5. The summed E-state index contributed by atoms with van der Waals surface area (Å²) in [5.41, 5.74) is 13.6. The highest BCUT2D eigenvalue weighted by Crippen LogP contribution is 2.44. The Hall–Kier alpha value is -8.61. The van der Waals surface area contributed by atoms with Crippen LogP contribution in [-0.4, -0.2) is 15.0 Å². The number of para-hydroxylation sites is 1. The zero-order chi connectivity index (χ0) is 41.7. The third-order valence-corrected chi connectivity index (χ3v) is 11.7. The van der Waals surface area contributed by atoms with Crippen LogP contribution in [0.5, 0.6) is 0 Å². The average Bonchev–Trinajstić information content (AvgIpc) is 3.94. The van der Waals surface area contributed by atoms with Crippen LogP contribution in [0.1, 0.15) is 0 Å². The summed E-state index contributed by atoms with van der Waals surface area (Å²) < 4.78 is 12.9. The molecule has 12 aromatic rings. The van der Waals surface area contributed by atoms with Gasteiger partial charge in [-0.3, -0.25) is 0 Å². The first kappa shape index (κ1) is 36.3. The van der Waals surface area contributed by atoms with Crippen molar-refractivity contribution in [3.63, 3.8) is 0 Å². The fraction of sp³-hybridized carbons (Fsp3) is 0. The normalized spacial score (nSPS) is 11.5. The second-order valence-electron chi connectivity index (χ2n) is 15.6. The summed E-state index contributed by atoms with van der Waals surface area (Å²) in [7, 11) is 0. The van der Waals surface area contributed by atoms with Gasteiger partial charge in [-0.2, -0.15) is 0 Å². The monoisotopic (exact) mass is 808 g/mol. The van der Waals surface area contributed by atoms with Gasteiger partial charge in [-0.15, -0.1) is 0 Å². The van der Waals surface area contributed by atoms with Crippen LogP contribution in [0.3, 0.4) is 0 Å². The van der Waals surface area contributed by atoms with E-state index in [2.05, 4.69) is 126 Å². The van der Waals surface area contributed by atoms with E-state index in [0.717, 1.165) is 94.3 Å². The summed E-state index contributed by atoms with van der Waals surface area (Å²) in [4.78, 5) is 17.4. The second-order valence-corrected chi connectivity index (χ2v) is 15.6. The average molecular weight is 809 g/mol. The minimum Gasteiger partial charge on any atom is -0.456 e. The van der Waals surface area contributed by atoms with Crippen LogP contribution in [0, 0.1) is 0 Å². The quantitative estimate of drug-likeness (QED) is 0.152. The van der Waals surface area contributed by atoms with E-state index in [-0.39, 0.29) is 0 Å². The van der Waals surface area contributed by atoms with Crippen molar-refractivity contribution in [2.75, 3.05) is 4.90 Å². The van der Waals surface area contributed by atoms with Crippen LogP contribution in [0.25, 0.3) is 100 Å². The van der Waals surface area contributed by atoms with Crippen LogP contribution < -0.4 is 4.90 Å². The lowest BCUT2D eigenvalue weighted by Crippen LogP contribution is -2.10. The Morgan fingerprint density at radius 3 is 1.40 bits per heavy atom. The molecule has 0 unspecified atom stereocenters. The van der Waals surface area contributed by atoms with Crippen LogP contribution in [0.2, 0.25) is 0 Å². The summed E-state index contributed by atoms with van der Waals surface area (Å²) >= 11 is 0. The molecule has 0 saturated heterocycles. The molecule has 12 rings (SSSR count). The Morgan fingerprint density at radius 1 is 0.302 bits per heavy atom. The zero-order valence-electron chi connectivity index (χ0n) is 33.9. The molecule has 3 heterocycles. The molecule has 6 nitrogen and oxygen atoms in total. The largest absolute Gasteiger partial charge is 0.456 e. The summed E-state index contributed by atoms with van der Waals surface area (Å²) in [5.74, 6) is 1.81. The SMILES string of the molecule is c1ccc(-c2ccc(N(c3ccc(-c4ccc5oc6cccc(-c7nc(-c8ccccc8)nc(-c8ccccc8)n7)c6c5c4)cc3)c3cccc4oc5ccccc5c34)cc2)cc1. The molecule has 63 heavy (non-hydrogen) atoms. The van der Waals surface area contributed by atoms with Gasteiger partial charge in [0.15, 0.2) is 17.5 Å². The molecule has 0 amide bonds. The van der Waals surface area contributed by atoms with E-state index in [4.69, 9.17) is 23.8 Å². The molecule has 0 aliphatic carbocycles. The molecule has 296 valence electrons. The number of aromatic nitrogens is 3. The van der Waals surface area contributed by atoms with E-state index >= 15 is 0 Å². The molecule has 9 aromatic carbocycles. The van der Waals surface area contributed by atoms with Crippen LogP contribution in [0.4, 0.5) is 17.1 Å². The van der Waals surface area contributed by atoms with Gasteiger partial charge in [0, 0.05) is 44.2 Å². The molecule has 0 radical (unpaired) electrons. The number of hydrogen-bond acceptors (Lipinski definition) is 6. The van der Waals surface area contributed by atoms with Gasteiger partial charge in [-0.25, -0.2) is 15.0 Å². The van der Waals surface area contributed by atoms with Gasteiger partial charge in [0.05, 0.1) is 11.1 Å². The number of benzene rings is 9. The molecule has 0 N–H and O–H groups in total. The van der Waals surface area contributed by atoms with Gasteiger partial charge in [-0.1, -0.05) is 158 Å². The molecule has 0 aliphatic rings. The third-order valence-electron chi connectivity index (χ3n) is 11.7. The van der Waals surface area contributed by atoms with Crippen molar-refractivity contribution in [1.82, 2.24) is 15.0 Å². The van der Waals surface area contributed by atoms with Crippen molar-refractivity contribution in [2.45, 2.75) is 0 Å². The molecule has 6 heteroatoms. The van der Waals surface area contributed by atoms with Crippen molar-refractivity contribution in [3.05, 3.63) is 218 Å². The van der Waals surface area contributed by atoms with Gasteiger partial charge >= 0.3 is 0 Å². The second kappa shape index (κ2) is 15.1. The van der Waals surface area contributed by atoms with E-state index in [1.54, 1.807) is 0 Å². The van der Waals surface area contributed by atoms with E-state index < -0.39 is 0 Å². The minimum atomic E-state index is 0.586. The van der Waals surface area contributed by atoms with Crippen molar-refractivity contribution in [1.29, 1.82) is 0 Å². The highest BCUT2D eigenvalue weighted by Gasteiger charge is 2.21. The van der Waals surface area contributed by atoms with Gasteiger partial charge in [0.1, 0.15) is 22.3 Å². The molecule has 0 spiro atoms. The lowest BCUT2D eigenvalue weighted by Gasteiger charge is -2.26. The maximum absolute atomic E-state index is 6.49. The Labute approximate surface area is 363 Å². The van der Waals surface area contributed by atoms with Crippen molar-refractivity contribution in [3.8, 4) is 56.4 Å². The first-order valence-electron chi connectivity index (χ1n) is 21.0. The highest BCUT2D eigenvalue weighted by atomic mass is 16.3. The lowest BCUT2D eigenvalue weighted by atomic mass is 10.00. The van der Waals surface area contributed by atoms with Crippen molar-refractivity contribution >= 4 is 60.9 Å². The highest BCUT2D eigenvalue weighted by molar-refractivity contribution is 6.14. The Balaban J connectivity index is 0.970. The Bertz CT molecular complexity index is 3540. The maximum Gasteiger partial charge on any atom is 0.164 e. The summed E-state index contributed by atoms with van der Waals surface area (Å²) in [6.45, 7) is 0. The molecular formula is C57H36N4O2. The summed E-state index contributed by atoms with van der Waals surface area (Å²) in [6.07, 6.45) is 0. The molecule has 0 saturated carbocycles. The molecule has 0 atom stereocenters. The molecule has 0 aliphatic heterocycles. The number of furan rings is 2. The van der Waals surface area contributed by atoms with Crippen LogP contribution >= 0.6 is 0 Å². The molecule has 3 aromatic heterocycles. The lowest BCUT2D eigenvalue weighted by molar-refractivity contribution is 0.668. The fourth-order valence-corrected chi connectivity index (χ4v) is 8.73. The molecule has 0 fully saturated rings. The third kappa shape index (κ3) is 6.49. The van der Waals surface area contributed by atoms with Gasteiger partial charge in [0.2, 0.25) is 0 Å². The van der Waals surface area contributed by atoms with Gasteiger partial charge in [-0.05, 0) is 82.9 Å². The zero-order valence-corrected chi connectivity index (χ0v) is 33.9. The van der Waals surface area contributed by atoms with Crippen molar-refractivity contribution < 1.29 is 8.83 Å². The topological polar surface area (TPSA) is 68.2 Å². The first-order valence-corrected chi connectivity index (χ1v) is 21.0. The molecular weight excluding hydrogens is 773 g/mol. The van der Waals surface area contributed by atoms with Gasteiger partial charge in [0.25, 0.3) is 0 Å². The predicted molar refractivity (Wildman–Crippen MR) is 256 cm³/mol. The number of rotatable bonds is 8. The Kier molecular flexibility index (Phi) is 8.71. The van der Waals surface area contributed by atoms with E-state index in [0.29, 0.717) is 17.5 Å². The fourth-order valence-electron chi connectivity index (χ4n) is 8.73. The van der Waals surface area contributed by atoms with Crippen LogP contribution in [-0.2, 0) is 0 Å². The van der Waals surface area contributed by atoms with Gasteiger partial charge < -0.3 is 13.7 Å². The standard InChI is InChI=1S/C57H36N4O2/c1-4-14-37(15-5-1)38-26-31-43(32-27-38)61(48-22-13-25-52-54(48)45-20-10-11-23-49(45)62-52)44-33-28-39(29-34-44)42-30-35-50-47(36-42)53-46(21-12-24-51(53)63-50)57-59-55(40-16-6-2-7-17-40)58-56(60-57)41-18-8-3-9-19-41/h1-36H. The number of anilines is 3. The summed E-state index contributed by atoms with van der Waals surface area (Å²) in [5, 5.41) is 4.10. The Morgan fingerprint density at radius 2 is 0.762 bits per heavy atom. The smallest absolute Gasteiger partial charge is 0.164 e. The number of nitrogens with zero attached hydrogens (tertiary/aromatic N) is 4. The number of fused-ring (bicyclic) bond motifs is 6. The number of hydrogen-bond donors (Lipinski definition) is 0.